The molecule has 0 bridgehead atoms. The number of nitrogens with one attached hydrogen (secondary N) is 3. The number of aromatic nitrogens is 6. The third-order valence-electron chi connectivity index (χ3n) is 7.77. The van der Waals surface area contributed by atoms with E-state index in [1.165, 1.54) is 42.7 Å². The normalized spacial score (nSPS) is 12.4. The zero-order valence-electron chi connectivity index (χ0n) is 25.1. The van der Waals surface area contributed by atoms with Gasteiger partial charge >= 0.3 is 0 Å². The number of hydrogen-bond acceptors (Lipinski definition) is 9. The molecule has 7 aromatic rings. The molecule has 236 valence electrons. The summed E-state index contributed by atoms with van der Waals surface area (Å²) in [7, 11) is -4.03. The number of para-hydroxylation sites is 1. The van der Waals surface area contributed by atoms with E-state index in [9.17, 15) is 23.4 Å². The molecule has 1 atom stereocenters. The van der Waals surface area contributed by atoms with Crippen LogP contribution in [0.1, 0.15) is 24.4 Å². The summed E-state index contributed by atoms with van der Waals surface area (Å²) in [4.78, 5) is 25.8. The first-order valence-corrected chi connectivity index (χ1v) is 16.0. The summed E-state index contributed by atoms with van der Waals surface area (Å²) in [6.07, 6.45) is 4.84. The average molecular weight is 649 g/mol. The highest BCUT2D eigenvalue weighted by Gasteiger charge is 2.23. The molecule has 0 aliphatic carbocycles. The number of aryl methyl sites for hydroxylation is 1. The molecule has 4 heterocycles. The maximum absolute atomic E-state index is 13.8. The van der Waals surface area contributed by atoms with Crippen molar-refractivity contribution in [3.63, 3.8) is 0 Å². The van der Waals surface area contributed by atoms with Crippen molar-refractivity contribution in [3.05, 3.63) is 119 Å². The van der Waals surface area contributed by atoms with Crippen molar-refractivity contribution in [2.75, 3.05) is 10.0 Å². The van der Waals surface area contributed by atoms with Crippen molar-refractivity contribution < 1.29 is 18.6 Å². The maximum atomic E-state index is 13.8. The average Bonchev–Trinajstić information content (AvgIpc) is 3.65. The number of nitrogens with zero attached hydrogens (tertiary/aromatic N) is 5. The molecule has 0 saturated heterocycles. The summed E-state index contributed by atoms with van der Waals surface area (Å²) in [6.45, 7) is 3.74. The second-order valence-electron chi connectivity index (χ2n) is 11.0. The highest BCUT2D eigenvalue weighted by Crippen LogP contribution is 2.37. The highest BCUT2D eigenvalue weighted by molar-refractivity contribution is 7.92. The standard InChI is InChI=1S/C33H28N8O5S/c1-19-12-13-40-29(19)33(44)41(23-6-4-3-5-7-23)32(38-40)20(2)37-31-28-27(17-34-30(28)35-18-36-31)21-14-22(16-25(43)15-21)39-47(45,46)26-10-8-24(42)9-11-26/h3-18,20,39,42-43H,1-2H3,(H2,34,35,36,37)/t20-/m0/s1. The second-order valence-corrected chi connectivity index (χ2v) is 12.7. The molecule has 7 rings (SSSR count). The molecule has 0 radical (unpaired) electrons. The number of aromatic hydroxyl groups is 2. The third-order valence-corrected chi connectivity index (χ3v) is 9.16. The van der Waals surface area contributed by atoms with Gasteiger partial charge in [-0.3, -0.25) is 14.1 Å². The van der Waals surface area contributed by atoms with Crippen molar-refractivity contribution in [3.8, 4) is 28.3 Å². The van der Waals surface area contributed by atoms with Gasteiger partial charge in [-0.25, -0.2) is 22.9 Å². The fourth-order valence-corrected chi connectivity index (χ4v) is 6.61. The van der Waals surface area contributed by atoms with E-state index in [1.807, 2.05) is 50.2 Å². The largest absolute Gasteiger partial charge is 0.508 e. The van der Waals surface area contributed by atoms with Gasteiger partial charge in [0.1, 0.15) is 34.8 Å². The Morgan fingerprint density at radius 1 is 0.936 bits per heavy atom. The minimum atomic E-state index is -4.03. The van der Waals surface area contributed by atoms with Crippen LogP contribution in [-0.2, 0) is 10.0 Å². The van der Waals surface area contributed by atoms with Crippen LogP contribution in [-0.4, -0.2) is 47.8 Å². The lowest BCUT2D eigenvalue weighted by atomic mass is 10.0. The lowest BCUT2D eigenvalue weighted by Crippen LogP contribution is -2.29. The van der Waals surface area contributed by atoms with Crippen molar-refractivity contribution in [2.24, 2.45) is 0 Å². The lowest BCUT2D eigenvalue weighted by Gasteiger charge is -2.20. The predicted molar refractivity (Wildman–Crippen MR) is 177 cm³/mol. The van der Waals surface area contributed by atoms with E-state index < -0.39 is 16.1 Å². The van der Waals surface area contributed by atoms with Crippen LogP contribution >= 0.6 is 0 Å². The van der Waals surface area contributed by atoms with Crippen molar-refractivity contribution >= 4 is 38.1 Å². The van der Waals surface area contributed by atoms with Gasteiger partial charge in [0.25, 0.3) is 15.6 Å². The maximum Gasteiger partial charge on any atom is 0.282 e. The molecule has 3 aromatic carbocycles. The molecule has 0 amide bonds. The number of fused-ring (bicyclic) bond motifs is 2. The van der Waals surface area contributed by atoms with Crippen LogP contribution in [0.15, 0.2) is 107 Å². The first kappa shape index (κ1) is 29.6. The molecular formula is C33H28N8O5S. The highest BCUT2D eigenvalue weighted by atomic mass is 32.2. The van der Waals surface area contributed by atoms with Gasteiger partial charge in [0.05, 0.1) is 27.7 Å². The number of phenolic OH excluding ortho intramolecular Hbond substituents is 2. The quantitative estimate of drug-likeness (QED) is 0.150. The smallest absolute Gasteiger partial charge is 0.282 e. The fraction of sp³-hybridized carbons (Fsp3) is 0.0909. The molecule has 0 unspecified atom stereocenters. The number of benzene rings is 3. The topological polar surface area (TPSA) is 180 Å². The molecule has 47 heavy (non-hydrogen) atoms. The zero-order chi connectivity index (χ0) is 32.9. The van der Waals surface area contributed by atoms with E-state index >= 15 is 0 Å². The minimum absolute atomic E-state index is 0.0583. The molecule has 0 spiro atoms. The summed E-state index contributed by atoms with van der Waals surface area (Å²) < 4.78 is 31.7. The Bertz CT molecular complexity index is 2450. The lowest BCUT2D eigenvalue weighted by molar-refractivity contribution is 0.474. The van der Waals surface area contributed by atoms with E-state index in [2.05, 4.69) is 25.0 Å². The van der Waals surface area contributed by atoms with Gasteiger partial charge < -0.3 is 20.5 Å². The fourth-order valence-electron chi connectivity index (χ4n) is 5.57. The molecule has 13 nitrogen and oxygen atoms in total. The number of sulfonamides is 1. The summed E-state index contributed by atoms with van der Waals surface area (Å²) in [5.74, 6) is 0.622. The van der Waals surface area contributed by atoms with E-state index in [1.54, 1.807) is 27.5 Å². The number of H-pyrrole nitrogens is 1. The number of phenols is 2. The van der Waals surface area contributed by atoms with Crippen molar-refractivity contribution in [1.29, 1.82) is 0 Å². The Kier molecular flexibility index (Phi) is 7.13. The van der Waals surface area contributed by atoms with E-state index in [-0.39, 0.29) is 27.6 Å². The molecule has 0 aliphatic heterocycles. The number of rotatable bonds is 8. The summed E-state index contributed by atoms with van der Waals surface area (Å²) in [5, 5.41) is 29.0. The van der Waals surface area contributed by atoms with Crippen LogP contribution in [0.2, 0.25) is 0 Å². The molecule has 5 N–H and O–H groups in total. The predicted octanol–water partition coefficient (Wildman–Crippen LogP) is 5.12. The number of hydrogen-bond donors (Lipinski definition) is 5. The van der Waals surface area contributed by atoms with Gasteiger partial charge in [-0.15, -0.1) is 0 Å². The SMILES string of the molecule is Cc1ccn2nc([C@H](C)Nc3ncnc4[nH]cc(-c5cc(O)cc(NS(=O)(=O)c6ccc(O)cc6)c5)c34)n(-c3ccccc3)c(=O)c12. The van der Waals surface area contributed by atoms with Gasteiger partial charge in [0, 0.05) is 24.0 Å². The zero-order valence-corrected chi connectivity index (χ0v) is 25.9. The van der Waals surface area contributed by atoms with E-state index in [4.69, 9.17) is 5.10 Å². The van der Waals surface area contributed by atoms with Crippen molar-refractivity contribution in [1.82, 2.24) is 29.1 Å². The molecule has 14 heteroatoms. The summed E-state index contributed by atoms with van der Waals surface area (Å²) in [5.41, 5.74) is 3.41. The van der Waals surface area contributed by atoms with Gasteiger partial charge in [-0.1, -0.05) is 18.2 Å². The van der Waals surface area contributed by atoms with Gasteiger partial charge in [0.15, 0.2) is 5.82 Å². The van der Waals surface area contributed by atoms with Gasteiger partial charge in [-0.2, -0.15) is 5.10 Å². The summed E-state index contributed by atoms with van der Waals surface area (Å²) >= 11 is 0. The van der Waals surface area contributed by atoms with Gasteiger partial charge in [0.2, 0.25) is 0 Å². The molecule has 0 aliphatic rings. The van der Waals surface area contributed by atoms with E-state index in [0.29, 0.717) is 45.0 Å². The first-order chi connectivity index (χ1) is 22.6. The third kappa shape index (κ3) is 5.40. The van der Waals surface area contributed by atoms with Gasteiger partial charge in [-0.05, 0) is 79.6 Å². The Morgan fingerprint density at radius 3 is 2.47 bits per heavy atom. The number of anilines is 2. The molecule has 0 saturated carbocycles. The Labute approximate surface area is 267 Å². The van der Waals surface area contributed by atoms with Crippen LogP contribution in [0.25, 0.3) is 33.4 Å². The second kappa shape index (κ2) is 11.3. The van der Waals surface area contributed by atoms with Crippen LogP contribution in [0.3, 0.4) is 0 Å². The molecule has 4 aromatic heterocycles. The monoisotopic (exact) mass is 648 g/mol. The Hall–Kier alpha value is -6.15. The van der Waals surface area contributed by atoms with Crippen LogP contribution < -0.4 is 15.6 Å². The summed E-state index contributed by atoms with van der Waals surface area (Å²) in [6, 6.07) is 20.1. The van der Waals surface area contributed by atoms with Crippen LogP contribution in [0.5, 0.6) is 11.5 Å². The van der Waals surface area contributed by atoms with Crippen LogP contribution in [0.4, 0.5) is 11.5 Å². The first-order valence-electron chi connectivity index (χ1n) is 14.5. The van der Waals surface area contributed by atoms with Crippen LogP contribution in [0, 0.1) is 6.92 Å². The Balaban J connectivity index is 1.29. The number of aromatic amines is 1. The Morgan fingerprint density at radius 2 is 1.70 bits per heavy atom. The molecular weight excluding hydrogens is 620 g/mol. The van der Waals surface area contributed by atoms with Crippen molar-refractivity contribution in [2.45, 2.75) is 24.8 Å². The molecule has 0 fully saturated rings. The van der Waals surface area contributed by atoms with E-state index in [0.717, 1.165) is 5.56 Å². The minimum Gasteiger partial charge on any atom is -0.508 e.